The molecule has 0 aliphatic heterocycles. The summed E-state index contributed by atoms with van der Waals surface area (Å²) in [4.78, 5) is 16.1. The second kappa shape index (κ2) is 9.45. The molecule has 25 heavy (non-hydrogen) atoms. The molecule has 0 unspecified atom stereocenters. The fraction of sp³-hybridized carbons (Fsp3) is 0.278. The number of hydrogen-bond acceptors (Lipinski definition) is 6. The van der Waals surface area contributed by atoms with E-state index >= 15 is 0 Å². The molecular formula is C18H19N3O3S. The minimum atomic E-state index is -0.498. The van der Waals surface area contributed by atoms with Crippen LogP contribution in [0.2, 0.25) is 0 Å². The van der Waals surface area contributed by atoms with Gasteiger partial charge in [-0.1, -0.05) is 19.4 Å². The van der Waals surface area contributed by atoms with E-state index in [4.69, 9.17) is 9.47 Å². The number of hydrogen-bond donors (Lipinski definition) is 1. The third-order valence-electron chi connectivity index (χ3n) is 3.27. The molecule has 0 saturated carbocycles. The zero-order valence-electron chi connectivity index (χ0n) is 14.1. The van der Waals surface area contributed by atoms with E-state index < -0.39 is 5.91 Å². The summed E-state index contributed by atoms with van der Waals surface area (Å²) in [5.41, 5.74) is 0.665. The average molecular weight is 357 g/mol. The zero-order valence-corrected chi connectivity index (χ0v) is 14.9. The van der Waals surface area contributed by atoms with E-state index in [2.05, 4.69) is 17.2 Å². The van der Waals surface area contributed by atoms with Crippen molar-refractivity contribution in [2.24, 2.45) is 0 Å². The van der Waals surface area contributed by atoms with Crippen molar-refractivity contribution in [3.8, 4) is 17.6 Å². The van der Waals surface area contributed by atoms with Crippen molar-refractivity contribution >= 4 is 28.5 Å². The molecule has 1 heterocycles. The standard InChI is InChI=1S/C18H19N3O3S/c1-3-4-8-24-16-11-13(5-6-15(16)23-2)10-14(12-19)17(22)21-18-20-7-9-25-18/h5-7,9-11H,3-4,8H2,1-2H3,(H,20,21,22)/b14-10+. The number of carbonyl (C=O) groups is 1. The van der Waals surface area contributed by atoms with E-state index in [0.29, 0.717) is 28.8 Å². The van der Waals surface area contributed by atoms with Crippen molar-refractivity contribution in [3.63, 3.8) is 0 Å². The number of rotatable bonds is 8. The van der Waals surface area contributed by atoms with Crippen LogP contribution >= 0.6 is 11.3 Å². The first kappa shape index (κ1) is 18.5. The van der Waals surface area contributed by atoms with Gasteiger partial charge in [-0.05, 0) is 30.2 Å². The molecule has 0 radical (unpaired) electrons. The first-order valence-corrected chi connectivity index (χ1v) is 8.69. The lowest BCUT2D eigenvalue weighted by molar-refractivity contribution is -0.112. The van der Waals surface area contributed by atoms with E-state index in [0.717, 1.165) is 12.8 Å². The Morgan fingerprint density at radius 1 is 1.44 bits per heavy atom. The summed E-state index contributed by atoms with van der Waals surface area (Å²) < 4.78 is 11.0. The van der Waals surface area contributed by atoms with Crippen LogP contribution in [0.15, 0.2) is 35.3 Å². The number of unbranched alkanes of at least 4 members (excludes halogenated alkanes) is 1. The minimum Gasteiger partial charge on any atom is -0.493 e. The molecule has 0 spiro atoms. The van der Waals surface area contributed by atoms with Gasteiger partial charge < -0.3 is 9.47 Å². The number of thiazole rings is 1. The van der Waals surface area contributed by atoms with Crippen molar-refractivity contribution in [2.45, 2.75) is 19.8 Å². The van der Waals surface area contributed by atoms with E-state index in [9.17, 15) is 10.1 Å². The Labute approximate surface area is 150 Å². The molecule has 0 aliphatic carbocycles. The molecule has 1 amide bonds. The van der Waals surface area contributed by atoms with Gasteiger partial charge >= 0.3 is 0 Å². The normalized spacial score (nSPS) is 10.8. The number of amides is 1. The van der Waals surface area contributed by atoms with Crippen molar-refractivity contribution in [1.29, 1.82) is 5.26 Å². The van der Waals surface area contributed by atoms with E-state index in [1.165, 1.54) is 17.4 Å². The van der Waals surface area contributed by atoms with Crippen LogP contribution in [0.1, 0.15) is 25.3 Å². The topological polar surface area (TPSA) is 84.2 Å². The van der Waals surface area contributed by atoms with Gasteiger partial charge in [0.05, 0.1) is 13.7 Å². The van der Waals surface area contributed by atoms with Crippen LogP contribution in [0.25, 0.3) is 6.08 Å². The average Bonchev–Trinajstić information content (AvgIpc) is 3.13. The highest BCUT2D eigenvalue weighted by Crippen LogP contribution is 2.29. The highest BCUT2D eigenvalue weighted by Gasteiger charge is 2.12. The predicted molar refractivity (Wildman–Crippen MR) is 97.7 cm³/mol. The summed E-state index contributed by atoms with van der Waals surface area (Å²) in [7, 11) is 1.57. The summed E-state index contributed by atoms with van der Waals surface area (Å²) in [5, 5.41) is 14.1. The number of carbonyl (C=O) groups excluding carboxylic acids is 1. The number of anilines is 1. The molecule has 1 aromatic heterocycles. The lowest BCUT2D eigenvalue weighted by Crippen LogP contribution is -2.13. The Hall–Kier alpha value is -2.85. The summed E-state index contributed by atoms with van der Waals surface area (Å²) in [6.45, 7) is 2.66. The number of aromatic nitrogens is 1. The lowest BCUT2D eigenvalue weighted by atomic mass is 10.1. The van der Waals surface area contributed by atoms with E-state index in [-0.39, 0.29) is 5.57 Å². The van der Waals surface area contributed by atoms with Crippen molar-refractivity contribution in [1.82, 2.24) is 4.98 Å². The molecule has 0 atom stereocenters. The van der Waals surface area contributed by atoms with Gasteiger partial charge in [-0.2, -0.15) is 5.26 Å². The molecule has 130 valence electrons. The first-order chi connectivity index (χ1) is 12.2. The fourth-order valence-electron chi connectivity index (χ4n) is 1.99. The SMILES string of the molecule is CCCCOc1cc(/C=C(\C#N)C(=O)Nc2nccs2)ccc1OC. The maximum atomic E-state index is 12.2. The largest absolute Gasteiger partial charge is 0.493 e. The third kappa shape index (κ3) is 5.33. The summed E-state index contributed by atoms with van der Waals surface area (Å²) in [6.07, 6.45) is 5.05. The summed E-state index contributed by atoms with van der Waals surface area (Å²) in [5.74, 6) is 0.697. The van der Waals surface area contributed by atoms with Gasteiger partial charge in [-0.3, -0.25) is 10.1 Å². The van der Waals surface area contributed by atoms with Crippen LogP contribution in [0.5, 0.6) is 11.5 Å². The van der Waals surface area contributed by atoms with Gasteiger partial charge in [0.1, 0.15) is 11.6 Å². The Morgan fingerprint density at radius 2 is 2.28 bits per heavy atom. The molecule has 0 saturated heterocycles. The van der Waals surface area contributed by atoms with Gasteiger partial charge in [0.25, 0.3) is 5.91 Å². The van der Waals surface area contributed by atoms with Gasteiger partial charge in [-0.15, -0.1) is 11.3 Å². The minimum absolute atomic E-state index is 0.0140. The van der Waals surface area contributed by atoms with Gasteiger partial charge in [0, 0.05) is 11.6 Å². The van der Waals surface area contributed by atoms with Crippen LogP contribution in [0.4, 0.5) is 5.13 Å². The number of nitrogens with zero attached hydrogens (tertiary/aromatic N) is 2. The molecule has 0 fully saturated rings. The molecule has 7 heteroatoms. The smallest absolute Gasteiger partial charge is 0.268 e. The van der Waals surface area contributed by atoms with Gasteiger partial charge in [-0.25, -0.2) is 4.98 Å². The first-order valence-electron chi connectivity index (χ1n) is 7.81. The number of nitrogens with one attached hydrogen (secondary N) is 1. The molecule has 1 N–H and O–H groups in total. The van der Waals surface area contributed by atoms with Crippen LogP contribution in [0.3, 0.4) is 0 Å². The van der Waals surface area contributed by atoms with Crippen molar-refractivity contribution in [3.05, 3.63) is 40.9 Å². The van der Waals surface area contributed by atoms with Crippen LogP contribution in [-0.4, -0.2) is 24.6 Å². The van der Waals surface area contributed by atoms with Gasteiger partial charge in [0.2, 0.25) is 0 Å². The second-order valence-electron chi connectivity index (χ2n) is 5.07. The fourth-order valence-corrected chi connectivity index (χ4v) is 2.51. The molecule has 0 bridgehead atoms. The summed E-state index contributed by atoms with van der Waals surface area (Å²) >= 11 is 1.29. The van der Waals surface area contributed by atoms with Crippen molar-refractivity contribution < 1.29 is 14.3 Å². The lowest BCUT2D eigenvalue weighted by Gasteiger charge is -2.11. The maximum absolute atomic E-state index is 12.2. The molecular weight excluding hydrogens is 338 g/mol. The quantitative estimate of drug-likeness (QED) is 0.440. The predicted octanol–water partition coefficient (Wildman–Crippen LogP) is 3.88. The zero-order chi connectivity index (χ0) is 18.1. The van der Waals surface area contributed by atoms with Crippen LogP contribution in [-0.2, 0) is 4.79 Å². The number of ether oxygens (including phenoxy) is 2. The Morgan fingerprint density at radius 3 is 2.92 bits per heavy atom. The highest BCUT2D eigenvalue weighted by atomic mass is 32.1. The maximum Gasteiger partial charge on any atom is 0.268 e. The Kier molecular flexibility index (Phi) is 6.99. The van der Waals surface area contributed by atoms with Crippen LogP contribution in [0, 0.1) is 11.3 Å². The molecule has 6 nitrogen and oxygen atoms in total. The second-order valence-corrected chi connectivity index (χ2v) is 5.97. The third-order valence-corrected chi connectivity index (χ3v) is 3.96. The molecule has 1 aromatic carbocycles. The number of nitriles is 1. The Bertz CT molecular complexity index is 779. The molecule has 2 rings (SSSR count). The molecule has 0 aliphatic rings. The number of benzene rings is 1. The highest BCUT2D eigenvalue weighted by molar-refractivity contribution is 7.13. The number of methoxy groups -OCH3 is 1. The van der Waals surface area contributed by atoms with E-state index in [1.807, 2.05) is 6.07 Å². The van der Waals surface area contributed by atoms with Gasteiger partial charge in [0.15, 0.2) is 16.6 Å². The van der Waals surface area contributed by atoms with Crippen LogP contribution < -0.4 is 14.8 Å². The summed E-state index contributed by atoms with van der Waals surface area (Å²) in [6, 6.07) is 7.18. The monoisotopic (exact) mass is 357 g/mol. The van der Waals surface area contributed by atoms with E-state index in [1.54, 1.807) is 36.9 Å². The molecule has 2 aromatic rings. The van der Waals surface area contributed by atoms with Crippen molar-refractivity contribution in [2.75, 3.05) is 19.0 Å². The Balaban J connectivity index is 2.20.